The Balaban J connectivity index is 1.84. The summed E-state index contributed by atoms with van der Waals surface area (Å²) in [6.07, 6.45) is 2.97. The van der Waals surface area contributed by atoms with Gasteiger partial charge in [0.1, 0.15) is 11.9 Å². The number of H-pyrrole nitrogens is 1. The number of fused-ring (bicyclic) bond motifs is 1. The van der Waals surface area contributed by atoms with Gasteiger partial charge >= 0.3 is 5.97 Å². The van der Waals surface area contributed by atoms with Gasteiger partial charge in [0.05, 0.1) is 0 Å². The Kier molecular flexibility index (Phi) is 3.35. The standard InChI is InChI=1S/C14H17N5O4/c1-14(2,3)23-12(21)7-4-5-8(22-7)19-6-16-9-10(19)17-13(15)18-11(9)20/h4,6,8H,5H2,1-3H3,(H3,15,17,18,20). The molecule has 1 unspecified atom stereocenters. The summed E-state index contributed by atoms with van der Waals surface area (Å²) in [6.45, 7) is 5.33. The molecule has 3 N–H and O–H groups in total. The first-order valence-electron chi connectivity index (χ1n) is 7.07. The van der Waals surface area contributed by atoms with Crippen LogP contribution in [0.2, 0.25) is 0 Å². The van der Waals surface area contributed by atoms with Gasteiger partial charge in [-0.3, -0.25) is 14.3 Å². The molecule has 9 nitrogen and oxygen atoms in total. The number of carbonyl (C=O) groups excluding carboxylic acids is 1. The zero-order valence-electron chi connectivity index (χ0n) is 13.0. The second kappa shape index (κ2) is 5.11. The van der Waals surface area contributed by atoms with Gasteiger partial charge < -0.3 is 15.2 Å². The number of ether oxygens (including phenoxy) is 2. The number of hydrogen-bond donors (Lipinski definition) is 2. The summed E-state index contributed by atoms with van der Waals surface area (Å²) in [5, 5.41) is 0. The van der Waals surface area contributed by atoms with E-state index in [4.69, 9.17) is 15.2 Å². The molecule has 0 radical (unpaired) electrons. The summed E-state index contributed by atoms with van der Waals surface area (Å²) >= 11 is 0. The summed E-state index contributed by atoms with van der Waals surface area (Å²) < 4.78 is 12.4. The van der Waals surface area contributed by atoms with Crippen LogP contribution in [0.5, 0.6) is 0 Å². The van der Waals surface area contributed by atoms with Crippen LogP contribution in [0, 0.1) is 0 Å². The highest BCUT2D eigenvalue weighted by Gasteiger charge is 2.29. The summed E-state index contributed by atoms with van der Waals surface area (Å²) in [4.78, 5) is 34.3. The second-order valence-corrected chi connectivity index (χ2v) is 6.15. The molecule has 0 aliphatic carbocycles. The first-order valence-corrected chi connectivity index (χ1v) is 7.07. The fraction of sp³-hybridized carbons (Fsp3) is 0.429. The van der Waals surface area contributed by atoms with E-state index < -0.39 is 23.4 Å². The van der Waals surface area contributed by atoms with E-state index in [0.717, 1.165) is 0 Å². The fourth-order valence-electron chi connectivity index (χ4n) is 2.23. The van der Waals surface area contributed by atoms with Crippen molar-refractivity contribution in [2.45, 2.75) is 39.0 Å². The molecule has 1 atom stereocenters. The smallest absolute Gasteiger partial charge is 0.373 e. The Morgan fingerprint density at radius 2 is 2.26 bits per heavy atom. The molecule has 2 aromatic heterocycles. The maximum Gasteiger partial charge on any atom is 0.373 e. The summed E-state index contributed by atoms with van der Waals surface area (Å²) in [6, 6.07) is 0. The topological polar surface area (TPSA) is 125 Å². The molecule has 1 aliphatic rings. The van der Waals surface area contributed by atoms with Crippen LogP contribution in [-0.2, 0) is 14.3 Å². The van der Waals surface area contributed by atoms with Crippen LogP contribution in [0.1, 0.15) is 33.4 Å². The number of rotatable bonds is 2. The zero-order valence-corrected chi connectivity index (χ0v) is 13.0. The minimum atomic E-state index is -0.607. The van der Waals surface area contributed by atoms with Gasteiger partial charge in [-0.1, -0.05) is 0 Å². The predicted molar refractivity (Wildman–Crippen MR) is 81.2 cm³/mol. The van der Waals surface area contributed by atoms with Crippen molar-refractivity contribution in [3.8, 4) is 0 Å². The SMILES string of the molecule is CC(C)(C)OC(=O)C1=CCC(n2cnc3c(=O)[nH]c(N)nc32)O1. The third-order valence-corrected chi connectivity index (χ3v) is 3.13. The molecule has 122 valence electrons. The van der Waals surface area contributed by atoms with Gasteiger partial charge in [0, 0.05) is 6.42 Å². The van der Waals surface area contributed by atoms with Crippen molar-refractivity contribution in [1.29, 1.82) is 0 Å². The molecule has 23 heavy (non-hydrogen) atoms. The van der Waals surface area contributed by atoms with Gasteiger partial charge in [-0.15, -0.1) is 0 Å². The lowest BCUT2D eigenvalue weighted by molar-refractivity contribution is -0.155. The molecule has 0 fully saturated rings. The Morgan fingerprint density at radius 3 is 2.96 bits per heavy atom. The number of nitrogens with two attached hydrogens (primary N) is 1. The highest BCUT2D eigenvalue weighted by atomic mass is 16.6. The molecule has 0 saturated heterocycles. The minimum Gasteiger partial charge on any atom is -0.462 e. The molecule has 2 aromatic rings. The number of nitrogen functional groups attached to an aromatic ring is 1. The number of nitrogens with one attached hydrogen (secondary N) is 1. The Hall–Kier alpha value is -2.84. The second-order valence-electron chi connectivity index (χ2n) is 6.15. The molecular formula is C14H17N5O4. The maximum absolute atomic E-state index is 12.0. The molecule has 1 aliphatic heterocycles. The number of aromatic amines is 1. The van der Waals surface area contributed by atoms with E-state index in [1.807, 2.05) is 0 Å². The molecule has 3 heterocycles. The van der Waals surface area contributed by atoms with Crippen molar-refractivity contribution in [3.63, 3.8) is 0 Å². The van der Waals surface area contributed by atoms with Gasteiger partial charge in [0.25, 0.3) is 5.56 Å². The summed E-state index contributed by atoms with van der Waals surface area (Å²) in [7, 11) is 0. The van der Waals surface area contributed by atoms with Crippen molar-refractivity contribution in [2.24, 2.45) is 0 Å². The lowest BCUT2D eigenvalue weighted by Gasteiger charge is -2.20. The normalized spacial score (nSPS) is 17.9. The van der Waals surface area contributed by atoms with E-state index in [0.29, 0.717) is 12.1 Å². The molecule has 0 aromatic carbocycles. The quantitative estimate of drug-likeness (QED) is 0.786. The van der Waals surface area contributed by atoms with E-state index in [1.165, 1.54) is 6.33 Å². The lowest BCUT2D eigenvalue weighted by atomic mass is 10.2. The molecule has 3 rings (SSSR count). The fourth-order valence-corrected chi connectivity index (χ4v) is 2.23. The monoisotopic (exact) mass is 319 g/mol. The largest absolute Gasteiger partial charge is 0.462 e. The number of anilines is 1. The third-order valence-electron chi connectivity index (χ3n) is 3.13. The van der Waals surface area contributed by atoms with Crippen molar-refractivity contribution in [2.75, 3.05) is 5.73 Å². The van der Waals surface area contributed by atoms with Gasteiger partial charge in [0.2, 0.25) is 11.7 Å². The molecule has 9 heteroatoms. The maximum atomic E-state index is 12.0. The van der Waals surface area contributed by atoms with Gasteiger partial charge in [-0.05, 0) is 26.8 Å². The van der Waals surface area contributed by atoms with Gasteiger partial charge in [-0.2, -0.15) is 4.98 Å². The Morgan fingerprint density at radius 1 is 1.52 bits per heavy atom. The predicted octanol–water partition coefficient (Wildman–Crippen LogP) is 0.846. The van der Waals surface area contributed by atoms with Crippen LogP contribution in [0.15, 0.2) is 23.0 Å². The average molecular weight is 319 g/mol. The number of hydrogen-bond acceptors (Lipinski definition) is 7. The Bertz CT molecular complexity index is 858. The van der Waals surface area contributed by atoms with Crippen LogP contribution in [0.4, 0.5) is 5.95 Å². The molecule has 0 bridgehead atoms. The van der Waals surface area contributed by atoms with Crippen molar-refractivity contribution in [1.82, 2.24) is 19.5 Å². The highest BCUT2D eigenvalue weighted by molar-refractivity contribution is 5.87. The summed E-state index contributed by atoms with van der Waals surface area (Å²) in [5.74, 6) is -0.415. The van der Waals surface area contributed by atoms with E-state index in [1.54, 1.807) is 31.4 Å². The first kappa shape index (κ1) is 15.1. The van der Waals surface area contributed by atoms with Crippen LogP contribution < -0.4 is 11.3 Å². The first-order chi connectivity index (χ1) is 10.7. The molecule has 0 saturated carbocycles. The van der Waals surface area contributed by atoms with Crippen molar-refractivity contribution >= 4 is 23.1 Å². The zero-order chi connectivity index (χ0) is 16.8. The molecule has 0 spiro atoms. The van der Waals surface area contributed by atoms with E-state index >= 15 is 0 Å². The van der Waals surface area contributed by atoms with Crippen LogP contribution in [0.3, 0.4) is 0 Å². The van der Waals surface area contributed by atoms with Crippen molar-refractivity contribution < 1.29 is 14.3 Å². The Labute approximate surface area is 131 Å². The summed E-state index contributed by atoms with van der Waals surface area (Å²) in [5.41, 5.74) is 4.99. The van der Waals surface area contributed by atoms with E-state index in [9.17, 15) is 9.59 Å². The number of esters is 1. The van der Waals surface area contributed by atoms with Crippen LogP contribution in [0.25, 0.3) is 11.2 Å². The van der Waals surface area contributed by atoms with E-state index in [2.05, 4.69) is 15.0 Å². The van der Waals surface area contributed by atoms with Gasteiger partial charge in [0.15, 0.2) is 17.4 Å². The van der Waals surface area contributed by atoms with E-state index in [-0.39, 0.29) is 17.2 Å². The van der Waals surface area contributed by atoms with Crippen LogP contribution >= 0.6 is 0 Å². The molecular weight excluding hydrogens is 302 g/mol. The molecule has 0 amide bonds. The number of nitrogens with zero attached hydrogens (tertiary/aromatic N) is 3. The number of imidazole rings is 1. The lowest BCUT2D eigenvalue weighted by Crippen LogP contribution is -2.25. The minimum absolute atomic E-state index is 0.0115. The van der Waals surface area contributed by atoms with Gasteiger partial charge in [-0.25, -0.2) is 9.78 Å². The number of aromatic nitrogens is 4. The van der Waals surface area contributed by atoms with Crippen LogP contribution in [-0.4, -0.2) is 31.1 Å². The third kappa shape index (κ3) is 2.89. The average Bonchev–Trinajstić information content (AvgIpc) is 3.01. The highest BCUT2D eigenvalue weighted by Crippen LogP contribution is 2.29. The number of carbonyl (C=O) groups is 1. The van der Waals surface area contributed by atoms with Crippen molar-refractivity contribution in [3.05, 3.63) is 28.5 Å².